The molecule has 2 aromatic carbocycles. The van der Waals surface area contributed by atoms with Gasteiger partial charge in [-0.3, -0.25) is 0 Å². The van der Waals surface area contributed by atoms with Crippen molar-refractivity contribution >= 4 is 39.4 Å². The Bertz CT molecular complexity index is 1060. The van der Waals surface area contributed by atoms with Gasteiger partial charge < -0.3 is 14.7 Å². The average Bonchev–Trinajstić information content (AvgIpc) is 2.73. The maximum atomic E-state index is 13.0. The zero-order chi connectivity index (χ0) is 22.6. The van der Waals surface area contributed by atoms with Crippen LogP contribution in [0.1, 0.15) is 19.4 Å². The molecule has 1 heterocycles. The summed E-state index contributed by atoms with van der Waals surface area (Å²) < 4.78 is 33.0. The van der Waals surface area contributed by atoms with Gasteiger partial charge in [0, 0.05) is 43.0 Å². The molecular weight excluding hydrogens is 440 g/mol. The number of piperazine rings is 1. The summed E-state index contributed by atoms with van der Waals surface area (Å²) in [4.78, 5) is 13.1. The van der Waals surface area contributed by atoms with Gasteiger partial charge in [0.05, 0.1) is 11.0 Å². The van der Waals surface area contributed by atoms with E-state index >= 15 is 0 Å². The topological polar surface area (TPSA) is 87.2 Å². The largest absolute Gasteiger partial charge is 0.491 e. The molecule has 166 valence electrons. The van der Waals surface area contributed by atoms with Crippen molar-refractivity contribution in [2.24, 2.45) is 0 Å². The number of ether oxygens (including phenoxy) is 1. The van der Waals surface area contributed by atoms with E-state index in [0.29, 0.717) is 42.5 Å². The van der Waals surface area contributed by atoms with Crippen LogP contribution in [0.3, 0.4) is 0 Å². The average molecular weight is 465 g/mol. The second kappa shape index (κ2) is 9.72. The third kappa shape index (κ3) is 5.78. The lowest BCUT2D eigenvalue weighted by Crippen LogP contribution is -2.48. The van der Waals surface area contributed by atoms with Gasteiger partial charge in [0.2, 0.25) is 10.0 Å². The second-order valence-corrected chi connectivity index (χ2v) is 9.75. The summed E-state index contributed by atoms with van der Waals surface area (Å²) in [5, 5.41) is 9.28. The number of halogens is 1. The fourth-order valence-corrected chi connectivity index (χ4v) is 4.92. The van der Waals surface area contributed by atoms with Gasteiger partial charge in [-0.05, 0) is 68.0 Å². The van der Waals surface area contributed by atoms with Gasteiger partial charge in [0.1, 0.15) is 5.75 Å². The van der Waals surface area contributed by atoms with E-state index in [4.69, 9.17) is 21.4 Å². The van der Waals surface area contributed by atoms with Gasteiger partial charge in [-0.2, -0.15) is 4.31 Å². The molecule has 0 aromatic heterocycles. The van der Waals surface area contributed by atoms with Gasteiger partial charge in [0.15, 0.2) is 0 Å². The smallest absolute Gasteiger partial charge is 0.328 e. The minimum Gasteiger partial charge on any atom is -0.491 e. The molecule has 1 aliphatic rings. The summed E-state index contributed by atoms with van der Waals surface area (Å²) in [6, 6.07) is 11.8. The van der Waals surface area contributed by atoms with Crippen LogP contribution in [0.15, 0.2) is 53.4 Å². The molecule has 1 saturated heterocycles. The van der Waals surface area contributed by atoms with Crippen LogP contribution in [0, 0.1) is 0 Å². The first-order valence-corrected chi connectivity index (χ1v) is 11.7. The molecule has 0 amide bonds. The van der Waals surface area contributed by atoms with Crippen molar-refractivity contribution in [1.29, 1.82) is 0 Å². The molecule has 0 aliphatic carbocycles. The molecular formula is C22H25ClN2O5S. The van der Waals surface area contributed by atoms with Gasteiger partial charge >= 0.3 is 5.97 Å². The Morgan fingerprint density at radius 3 is 2.32 bits per heavy atom. The standard InChI is InChI=1S/C22H25ClN2O5S/c1-16(2)30-19-5-7-20(8-6-19)31(28,29)25-13-11-24(12-14-25)18-4-9-21(23)17(15-18)3-10-22(26)27/h3-10,15-16H,11-14H2,1-2H3,(H,26,27)/b10-3+. The number of hydrogen-bond acceptors (Lipinski definition) is 5. The number of anilines is 1. The fraction of sp³-hybridized carbons (Fsp3) is 0.318. The summed E-state index contributed by atoms with van der Waals surface area (Å²) in [5.74, 6) is -0.418. The Morgan fingerprint density at radius 2 is 1.74 bits per heavy atom. The van der Waals surface area contributed by atoms with Crippen molar-refractivity contribution in [1.82, 2.24) is 4.31 Å². The highest BCUT2D eigenvalue weighted by molar-refractivity contribution is 7.89. The van der Waals surface area contributed by atoms with E-state index in [0.717, 1.165) is 11.8 Å². The van der Waals surface area contributed by atoms with Crippen molar-refractivity contribution < 1.29 is 23.1 Å². The van der Waals surface area contributed by atoms with Gasteiger partial charge in [0.25, 0.3) is 0 Å². The van der Waals surface area contributed by atoms with Crippen LogP contribution in [0.25, 0.3) is 6.08 Å². The number of carboxylic acids is 1. The molecule has 9 heteroatoms. The first-order chi connectivity index (χ1) is 14.7. The number of benzene rings is 2. The monoisotopic (exact) mass is 464 g/mol. The Morgan fingerprint density at radius 1 is 1.10 bits per heavy atom. The van der Waals surface area contributed by atoms with Crippen molar-refractivity contribution in [2.75, 3.05) is 31.1 Å². The first-order valence-electron chi connectivity index (χ1n) is 9.89. The lowest BCUT2D eigenvalue weighted by molar-refractivity contribution is -0.131. The van der Waals surface area contributed by atoms with Gasteiger partial charge in [-0.15, -0.1) is 0 Å². The summed E-state index contributed by atoms with van der Waals surface area (Å²) in [7, 11) is -3.59. The Hall–Kier alpha value is -2.55. The van der Waals surface area contributed by atoms with E-state index in [1.54, 1.807) is 36.4 Å². The van der Waals surface area contributed by atoms with Crippen LogP contribution >= 0.6 is 11.6 Å². The Kier molecular flexibility index (Phi) is 7.25. The number of rotatable bonds is 7. The van der Waals surface area contributed by atoms with Crippen LogP contribution in [0.4, 0.5) is 5.69 Å². The molecule has 1 N–H and O–H groups in total. The highest BCUT2D eigenvalue weighted by Crippen LogP contribution is 2.27. The Labute approximate surface area is 187 Å². The fourth-order valence-electron chi connectivity index (χ4n) is 3.31. The minimum absolute atomic E-state index is 0.0172. The van der Waals surface area contributed by atoms with Gasteiger partial charge in [-0.25, -0.2) is 13.2 Å². The summed E-state index contributed by atoms with van der Waals surface area (Å²) >= 11 is 6.15. The van der Waals surface area contributed by atoms with Crippen LogP contribution < -0.4 is 9.64 Å². The number of sulfonamides is 1. The highest BCUT2D eigenvalue weighted by Gasteiger charge is 2.28. The third-order valence-corrected chi connectivity index (χ3v) is 7.08. The number of nitrogens with zero attached hydrogens (tertiary/aromatic N) is 2. The van der Waals surface area contributed by atoms with Crippen molar-refractivity contribution in [3.05, 3.63) is 59.1 Å². The van der Waals surface area contributed by atoms with Crippen molar-refractivity contribution in [3.63, 3.8) is 0 Å². The zero-order valence-electron chi connectivity index (χ0n) is 17.4. The van der Waals surface area contributed by atoms with Crippen molar-refractivity contribution in [2.45, 2.75) is 24.8 Å². The second-order valence-electron chi connectivity index (χ2n) is 7.41. The number of aliphatic carboxylic acids is 1. The van der Waals surface area contributed by atoms with E-state index in [-0.39, 0.29) is 11.0 Å². The molecule has 31 heavy (non-hydrogen) atoms. The van der Waals surface area contributed by atoms with E-state index in [1.807, 2.05) is 19.9 Å². The SMILES string of the molecule is CC(C)Oc1ccc(S(=O)(=O)N2CCN(c3ccc(Cl)c(/C=C/C(=O)O)c3)CC2)cc1. The molecule has 3 rings (SSSR count). The molecule has 1 aliphatic heterocycles. The lowest BCUT2D eigenvalue weighted by atomic mass is 10.1. The van der Waals surface area contributed by atoms with E-state index in [9.17, 15) is 13.2 Å². The van der Waals surface area contributed by atoms with E-state index < -0.39 is 16.0 Å². The molecule has 0 saturated carbocycles. The summed E-state index contributed by atoms with van der Waals surface area (Å²) in [6.07, 6.45) is 2.50. The predicted octanol–water partition coefficient (Wildman–Crippen LogP) is 3.74. The molecule has 2 aromatic rings. The predicted molar refractivity (Wildman–Crippen MR) is 121 cm³/mol. The van der Waals surface area contributed by atoms with Gasteiger partial charge in [-0.1, -0.05) is 11.6 Å². The maximum absolute atomic E-state index is 13.0. The molecule has 0 radical (unpaired) electrons. The quantitative estimate of drug-likeness (QED) is 0.628. The normalized spacial score (nSPS) is 15.5. The number of carboxylic acid groups (broad SMARTS) is 1. The molecule has 0 spiro atoms. The van der Waals surface area contributed by atoms with E-state index in [1.165, 1.54) is 10.4 Å². The molecule has 7 nitrogen and oxygen atoms in total. The summed E-state index contributed by atoms with van der Waals surface area (Å²) in [6.45, 7) is 5.53. The van der Waals surface area contributed by atoms with E-state index in [2.05, 4.69) is 4.90 Å². The van der Waals surface area contributed by atoms with Crippen LogP contribution in [-0.4, -0.2) is 56.1 Å². The first kappa shape index (κ1) is 23.1. The molecule has 0 atom stereocenters. The summed E-state index contributed by atoms with van der Waals surface area (Å²) in [5.41, 5.74) is 1.46. The molecule has 1 fully saturated rings. The zero-order valence-corrected chi connectivity index (χ0v) is 18.9. The third-order valence-electron chi connectivity index (χ3n) is 4.82. The molecule has 0 unspecified atom stereocenters. The maximum Gasteiger partial charge on any atom is 0.328 e. The number of carbonyl (C=O) groups is 1. The lowest BCUT2D eigenvalue weighted by Gasteiger charge is -2.35. The molecule has 0 bridgehead atoms. The van der Waals surface area contributed by atoms with Crippen molar-refractivity contribution in [3.8, 4) is 5.75 Å². The van der Waals surface area contributed by atoms with Crippen LogP contribution in [0.2, 0.25) is 5.02 Å². The highest BCUT2D eigenvalue weighted by atomic mass is 35.5. The number of hydrogen-bond donors (Lipinski definition) is 1. The minimum atomic E-state index is -3.59. The Balaban J connectivity index is 1.69. The van der Waals surface area contributed by atoms with Crippen LogP contribution in [0.5, 0.6) is 5.75 Å². The van der Waals surface area contributed by atoms with Crippen LogP contribution in [-0.2, 0) is 14.8 Å².